The Morgan fingerprint density at radius 1 is 1.08 bits per heavy atom. The lowest BCUT2D eigenvalue weighted by Gasteiger charge is -2.36. The van der Waals surface area contributed by atoms with Crippen LogP contribution in [0.3, 0.4) is 0 Å². The highest BCUT2D eigenvalue weighted by Crippen LogP contribution is 2.48. The number of hydrogen-bond acceptors (Lipinski definition) is 3. The number of nitrogens with zero attached hydrogens (tertiary/aromatic N) is 1. The van der Waals surface area contributed by atoms with Crippen molar-refractivity contribution in [1.82, 2.24) is 10.2 Å². The van der Waals surface area contributed by atoms with Crippen LogP contribution in [0.2, 0.25) is 0 Å². The molecule has 1 heterocycles. The van der Waals surface area contributed by atoms with Crippen LogP contribution in [-0.2, 0) is 9.59 Å². The molecule has 4 atom stereocenters. The summed E-state index contributed by atoms with van der Waals surface area (Å²) >= 11 is 0. The number of unbranched alkanes of at least 4 members (excludes halogenated alkanes) is 2. The summed E-state index contributed by atoms with van der Waals surface area (Å²) in [6, 6.07) is 0.0656. The number of rotatable bonds is 6. The lowest BCUT2D eigenvalue weighted by atomic mass is 9.83. The number of likely N-dealkylation sites (tertiary alicyclic amines) is 1. The van der Waals surface area contributed by atoms with E-state index in [4.69, 9.17) is 5.73 Å². The van der Waals surface area contributed by atoms with Crippen molar-refractivity contribution in [3.8, 4) is 0 Å². The van der Waals surface area contributed by atoms with Crippen LogP contribution >= 0.6 is 0 Å². The molecule has 0 radical (unpaired) electrons. The first-order valence-electron chi connectivity index (χ1n) is 9.94. The van der Waals surface area contributed by atoms with E-state index in [1.807, 2.05) is 4.90 Å². The van der Waals surface area contributed by atoms with Gasteiger partial charge < -0.3 is 16.0 Å². The average molecular weight is 335 g/mol. The SMILES string of the molecule is CCCCCNC(=O)C1CCN(C(=O)C2C3CCC(C3)C2N)CC1. The molecule has 24 heavy (non-hydrogen) atoms. The van der Waals surface area contributed by atoms with Gasteiger partial charge in [0, 0.05) is 31.6 Å². The lowest BCUT2D eigenvalue weighted by Crippen LogP contribution is -2.50. The summed E-state index contributed by atoms with van der Waals surface area (Å²) in [6.45, 7) is 4.38. The molecule has 0 spiro atoms. The van der Waals surface area contributed by atoms with Crippen LogP contribution in [-0.4, -0.2) is 42.4 Å². The van der Waals surface area contributed by atoms with E-state index in [-0.39, 0.29) is 29.7 Å². The molecule has 1 saturated heterocycles. The normalized spacial score (nSPS) is 33.0. The minimum Gasteiger partial charge on any atom is -0.356 e. The van der Waals surface area contributed by atoms with Crippen molar-refractivity contribution in [2.24, 2.45) is 29.4 Å². The molecule has 3 fully saturated rings. The van der Waals surface area contributed by atoms with Gasteiger partial charge in [-0.3, -0.25) is 9.59 Å². The van der Waals surface area contributed by atoms with Gasteiger partial charge in [-0.15, -0.1) is 0 Å². The first-order chi connectivity index (χ1) is 11.6. The summed E-state index contributed by atoms with van der Waals surface area (Å²) in [7, 11) is 0. The molecule has 2 bridgehead atoms. The second-order valence-corrected chi connectivity index (χ2v) is 8.03. The molecule has 0 aromatic carbocycles. The molecule has 1 aliphatic heterocycles. The van der Waals surface area contributed by atoms with Gasteiger partial charge in [-0.1, -0.05) is 19.8 Å². The molecule has 3 N–H and O–H groups in total. The van der Waals surface area contributed by atoms with E-state index in [9.17, 15) is 9.59 Å². The Bertz CT molecular complexity index is 458. The zero-order valence-electron chi connectivity index (χ0n) is 15.0. The van der Waals surface area contributed by atoms with Gasteiger partial charge in [0.05, 0.1) is 5.92 Å². The Hall–Kier alpha value is -1.10. The van der Waals surface area contributed by atoms with E-state index in [0.29, 0.717) is 24.9 Å². The summed E-state index contributed by atoms with van der Waals surface area (Å²) in [6.07, 6.45) is 8.50. The number of nitrogens with one attached hydrogen (secondary N) is 1. The minimum absolute atomic E-state index is 0.0446. The monoisotopic (exact) mass is 335 g/mol. The van der Waals surface area contributed by atoms with Crippen molar-refractivity contribution in [2.75, 3.05) is 19.6 Å². The topological polar surface area (TPSA) is 75.4 Å². The van der Waals surface area contributed by atoms with Gasteiger partial charge in [-0.05, 0) is 50.4 Å². The number of nitrogens with two attached hydrogens (primary N) is 1. The summed E-state index contributed by atoms with van der Waals surface area (Å²) < 4.78 is 0. The Morgan fingerprint density at radius 2 is 1.79 bits per heavy atom. The molecule has 0 aromatic rings. The van der Waals surface area contributed by atoms with E-state index in [1.165, 1.54) is 19.3 Å². The van der Waals surface area contributed by atoms with Crippen molar-refractivity contribution in [3.05, 3.63) is 0 Å². The molecule has 4 unspecified atom stereocenters. The Labute approximate surface area is 145 Å². The maximum absolute atomic E-state index is 12.9. The highest BCUT2D eigenvalue weighted by atomic mass is 16.2. The number of carbonyl (C=O) groups is 2. The van der Waals surface area contributed by atoms with Crippen LogP contribution in [0.5, 0.6) is 0 Å². The third-order valence-corrected chi connectivity index (χ3v) is 6.52. The predicted octanol–water partition coefficient (Wildman–Crippen LogP) is 1.90. The van der Waals surface area contributed by atoms with Crippen LogP contribution in [0.25, 0.3) is 0 Å². The largest absolute Gasteiger partial charge is 0.356 e. The second-order valence-electron chi connectivity index (χ2n) is 8.03. The van der Waals surface area contributed by atoms with Crippen LogP contribution in [0.4, 0.5) is 0 Å². The van der Waals surface area contributed by atoms with Crippen LogP contribution in [0, 0.1) is 23.7 Å². The van der Waals surface area contributed by atoms with Gasteiger partial charge in [-0.2, -0.15) is 0 Å². The third kappa shape index (κ3) is 3.61. The highest BCUT2D eigenvalue weighted by molar-refractivity contribution is 5.82. The highest BCUT2D eigenvalue weighted by Gasteiger charge is 2.50. The van der Waals surface area contributed by atoms with Gasteiger partial charge in [0.15, 0.2) is 0 Å². The first-order valence-corrected chi connectivity index (χ1v) is 9.94. The van der Waals surface area contributed by atoms with Crippen molar-refractivity contribution < 1.29 is 9.59 Å². The third-order valence-electron chi connectivity index (χ3n) is 6.52. The standard InChI is InChI=1S/C19H33N3O2/c1-2-3-4-9-21-18(23)13-7-10-22(11-8-13)19(24)16-14-5-6-15(12-14)17(16)20/h13-17H,2-12,20H2,1H3,(H,21,23). The van der Waals surface area contributed by atoms with Crippen molar-refractivity contribution in [2.45, 2.75) is 64.3 Å². The maximum Gasteiger partial charge on any atom is 0.227 e. The maximum atomic E-state index is 12.9. The Balaban J connectivity index is 1.43. The zero-order valence-corrected chi connectivity index (χ0v) is 15.0. The van der Waals surface area contributed by atoms with Gasteiger partial charge >= 0.3 is 0 Å². The molecular formula is C19H33N3O2. The number of carbonyl (C=O) groups excluding carboxylic acids is 2. The van der Waals surface area contributed by atoms with Crippen LogP contribution in [0.1, 0.15) is 58.3 Å². The van der Waals surface area contributed by atoms with E-state index in [0.717, 1.165) is 38.6 Å². The molecule has 136 valence electrons. The van der Waals surface area contributed by atoms with Crippen LogP contribution < -0.4 is 11.1 Å². The first kappa shape index (κ1) is 17.7. The zero-order chi connectivity index (χ0) is 17.1. The molecule has 0 aromatic heterocycles. The molecule has 2 saturated carbocycles. The van der Waals surface area contributed by atoms with E-state index in [2.05, 4.69) is 12.2 Å². The molecule has 2 amide bonds. The summed E-state index contributed by atoms with van der Waals surface area (Å²) in [4.78, 5) is 27.1. The van der Waals surface area contributed by atoms with Gasteiger partial charge in [0.1, 0.15) is 0 Å². The lowest BCUT2D eigenvalue weighted by molar-refractivity contribution is -0.141. The molecule has 3 aliphatic rings. The number of piperidine rings is 1. The molecule has 3 rings (SSSR count). The fraction of sp³-hybridized carbons (Fsp3) is 0.895. The average Bonchev–Trinajstić information content (AvgIpc) is 3.19. The van der Waals surface area contributed by atoms with Gasteiger partial charge in [-0.25, -0.2) is 0 Å². The number of fused-ring (bicyclic) bond motifs is 2. The Morgan fingerprint density at radius 3 is 2.42 bits per heavy atom. The fourth-order valence-electron chi connectivity index (χ4n) is 5.01. The molecule has 5 nitrogen and oxygen atoms in total. The summed E-state index contributed by atoms with van der Waals surface area (Å²) in [5.41, 5.74) is 6.32. The summed E-state index contributed by atoms with van der Waals surface area (Å²) in [5.74, 6) is 1.63. The minimum atomic E-state index is 0.0446. The van der Waals surface area contributed by atoms with Crippen LogP contribution in [0.15, 0.2) is 0 Å². The summed E-state index contributed by atoms with van der Waals surface area (Å²) in [5, 5.41) is 3.05. The van der Waals surface area contributed by atoms with Crippen molar-refractivity contribution in [3.63, 3.8) is 0 Å². The smallest absolute Gasteiger partial charge is 0.227 e. The van der Waals surface area contributed by atoms with E-state index < -0.39 is 0 Å². The number of amides is 2. The fourth-order valence-corrected chi connectivity index (χ4v) is 5.01. The quantitative estimate of drug-likeness (QED) is 0.728. The van der Waals surface area contributed by atoms with Gasteiger partial charge in [0.25, 0.3) is 0 Å². The Kier molecular flexibility index (Phi) is 5.80. The van der Waals surface area contributed by atoms with E-state index >= 15 is 0 Å². The van der Waals surface area contributed by atoms with E-state index in [1.54, 1.807) is 0 Å². The second kappa shape index (κ2) is 7.85. The van der Waals surface area contributed by atoms with Crippen molar-refractivity contribution >= 4 is 11.8 Å². The molecule has 2 aliphatic carbocycles. The number of hydrogen-bond donors (Lipinski definition) is 2. The molecule has 5 heteroatoms. The van der Waals surface area contributed by atoms with Gasteiger partial charge in [0.2, 0.25) is 11.8 Å². The molecular weight excluding hydrogens is 302 g/mol. The predicted molar refractivity (Wildman–Crippen MR) is 94.1 cm³/mol. The van der Waals surface area contributed by atoms with Crippen molar-refractivity contribution in [1.29, 1.82) is 0 Å².